The topological polar surface area (TPSA) is 93.4 Å². The molecule has 0 aliphatic carbocycles. The van der Waals surface area contributed by atoms with Crippen LogP contribution in [0.25, 0.3) is 22.9 Å². The Labute approximate surface area is 151 Å². The molecule has 0 atom stereocenters. The lowest BCUT2D eigenvalue weighted by Crippen LogP contribution is -2.17. The van der Waals surface area contributed by atoms with Crippen LogP contribution in [0, 0.1) is 0 Å². The van der Waals surface area contributed by atoms with Gasteiger partial charge in [0.15, 0.2) is 11.6 Å². The first-order valence-corrected chi connectivity index (χ1v) is 9.16. The normalized spacial score (nSPS) is 14.2. The maximum atomic E-state index is 12.1. The number of aryl methyl sites for hydroxylation is 1. The van der Waals surface area contributed by atoms with E-state index in [2.05, 4.69) is 31.9 Å². The summed E-state index contributed by atoms with van der Waals surface area (Å²) in [6, 6.07) is 3.53. The van der Waals surface area contributed by atoms with E-state index in [4.69, 9.17) is 4.98 Å². The standard InChI is InChI=1S/C18H23N7O/c1-2-3-10-25-17(14-12-24-11-9-19-8-6-15(24)21-14)22-16(23-25)13-5-4-7-20-18(13)26/h4-5,7,12,19H,2-3,6,8-11H2,1H3,(H,20,26). The van der Waals surface area contributed by atoms with Crippen LogP contribution in [0.4, 0.5) is 0 Å². The molecule has 2 N–H and O–H groups in total. The van der Waals surface area contributed by atoms with E-state index in [1.807, 2.05) is 10.9 Å². The number of rotatable bonds is 5. The van der Waals surface area contributed by atoms with Gasteiger partial charge in [0.25, 0.3) is 5.56 Å². The Bertz CT molecular complexity index is 929. The highest BCUT2D eigenvalue weighted by molar-refractivity contribution is 5.58. The molecule has 1 aliphatic rings. The zero-order chi connectivity index (χ0) is 17.9. The molecule has 0 saturated heterocycles. The van der Waals surface area contributed by atoms with Crippen molar-refractivity contribution in [2.24, 2.45) is 0 Å². The molecule has 0 radical (unpaired) electrons. The number of fused-ring (bicyclic) bond motifs is 1. The second kappa shape index (κ2) is 7.25. The van der Waals surface area contributed by atoms with Crippen LogP contribution in [-0.4, -0.2) is 42.4 Å². The third-order valence-electron chi connectivity index (χ3n) is 4.60. The average molecular weight is 353 g/mol. The molecule has 0 saturated carbocycles. The van der Waals surface area contributed by atoms with Gasteiger partial charge in [0.2, 0.25) is 0 Å². The van der Waals surface area contributed by atoms with Crippen molar-refractivity contribution in [2.45, 2.75) is 39.3 Å². The van der Waals surface area contributed by atoms with Gasteiger partial charge < -0.3 is 14.9 Å². The van der Waals surface area contributed by atoms with Gasteiger partial charge >= 0.3 is 0 Å². The summed E-state index contributed by atoms with van der Waals surface area (Å²) in [5.41, 5.74) is 1.12. The summed E-state index contributed by atoms with van der Waals surface area (Å²) in [6.07, 6.45) is 6.62. The highest BCUT2D eigenvalue weighted by Crippen LogP contribution is 2.22. The molecule has 3 aromatic heterocycles. The van der Waals surface area contributed by atoms with Crippen LogP contribution in [0.2, 0.25) is 0 Å². The minimum atomic E-state index is -0.182. The van der Waals surface area contributed by atoms with Crippen LogP contribution in [-0.2, 0) is 19.5 Å². The number of nitrogens with zero attached hydrogens (tertiary/aromatic N) is 5. The van der Waals surface area contributed by atoms with Crippen molar-refractivity contribution in [3.05, 3.63) is 40.7 Å². The van der Waals surface area contributed by atoms with Crippen molar-refractivity contribution in [3.8, 4) is 22.9 Å². The average Bonchev–Trinajstić information content (AvgIpc) is 3.18. The van der Waals surface area contributed by atoms with Gasteiger partial charge in [0, 0.05) is 45.0 Å². The van der Waals surface area contributed by atoms with Crippen LogP contribution in [0.3, 0.4) is 0 Å². The molecule has 8 nitrogen and oxygen atoms in total. The number of hydrogen-bond donors (Lipinski definition) is 2. The van der Waals surface area contributed by atoms with E-state index in [0.29, 0.717) is 11.4 Å². The van der Waals surface area contributed by atoms with Gasteiger partial charge in [-0.15, -0.1) is 0 Å². The Hall–Kier alpha value is -2.74. The fraction of sp³-hybridized carbons (Fsp3) is 0.444. The lowest BCUT2D eigenvalue weighted by atomic mass is 10.3. The molecule has 0 bridgehead atoms. The van der Waals surface area contributed by atoms with Crippen molar-refractivity contribution in [1.29, 1.82) is 0 Å². The number of pyridine rings is 1. The number of hydrogen-bond acceptors (Lipinski definition) is 5. The summed E-state index contributed by atoms with van der Waals surface area (Å²) in [7, 11) is 0. The minimum Gasteiger partial charge on any atom is -0.333 e. The summed E-state index contributed by atoms with van der Waals surface area (Å²) >= 11 is 0. The van der Waals surface area contributed by atoms with E-state index in [9.17, 15) is 4.79 Å². The summed E-state index contributed by atoms with van der Waals surface area (Å²) in [6.45, 7) is 5.68. The van der Waals surface area contributed by atoms with Crippen molar-refractivity contribution in [3.63, 3.8) is 0 Å². The number of unbranched alkanes of at least 4 members (excludes halogenated alkanes) is 1. The molecule has 0 fully saturated rings. The molecule has 4 heterocycles. The van der Waals surface area contributed by atoms with E-state index in [1.165, 1.54) is 0 Å². The van der Waals surface area contributed by atoms with Gasteiger partial charge in [-0.1, -0.05) is 13.3 Å². The van der Waals surface area contributed by atoms with Gasteiger partial charge in [-0.3, -0.25) is 4.79 Å². The Balaban J connectivity index is 1.77. The first-order chi connectivity index (χ1) is 12.8. The molecule has 26 heavy (non-hydrogen) atoms. The summed E-state index contributed by atoms with van der Waals surface area (Å²) < 4.78 is 4.06. The first-order valence-electron chi connectivity index (χ1n) is 9.16. The minimum absolute atomic E-state index is 0.182. The van der Waals surface area contributed by atoms with E-state index in [-0.39, 0.29) is 5.56 Å². The van der Waals surface area contributed by atoms with Gasteiger partial charge in [0.05, 0.1) is 5.56 Å². The lowest BCUT2D eigenvalue weighted by Gasteiger charge is -2.02. The van der Waals surface area contributed by atoms with Crippen molar-refractivity contribution < 1.29 is 0 Å². The monoisotopic (exact) mass is 353 g/mol. The Morgan fingerprint density at radius 3 is 3.04 bits per heavy atom. The zero-order valence-corrected chi connectivity index (χ0v) is 14.9. The molecule has 136 valence electrons. The van der Waals surface area contributed by atoms with E-state index >= 15 is 0 Å². The SMILES string of the molecule is CCCCn1nc(-c2ccc[nH]c2=O)nc1-c1cn2c(n1)CCNCC2. The molecule has 4 rings (SSSR count). The Kier molecular flexibility index (Phi) is 4.66. The number of aromatic nitrogens is 6. The quantitative estimate of drug-likeness (QED) is 0.724. The maximum absolute atomic E-state index is 12.1. The molecule has 0 aromatic carbocycles. The van der Waals surface area contributed by atoms with E-state index in [0.717, 1.165) is 62.8 Å². The second-order valence-electron chi connectivity index (χ2n) is 6.48. The van der Waals surface area contributed by atoms with E-state index < -0.39 is 0 Å². The largest absolute Gasteiger partial charge is 0.333 e. The Morgan fingerprint density at radius 2 is 2.19 bits per heavy atom. The van der Waals surface area contributed by atoms with Crippen molar-refractivity contribution >= 4 is 0 Å². The predicted octanol–water partition coefficient (Wildman–Crippen LogP) is 1.44. The fourth-order valence-electron chi connectivity index (χ4n) is 3.19. The van der Waals surface area contributed by atoms with Crippen LogP contribution in [0.15, 0.2) is 29.3 Å². The Morgan fingerprint density at radius 1 is 1.27 bits per heavy atom. The molecule has 3 aromatic rings. The van der Waals surface area contributed by atoms with Crippen LogP contribution in [0.5, 0.6) is 0 Å². The second-order valence-corrected chi connectivity index (χ2v) is 6.48. The number of H-pyrrole nitrogens is 1. The third kappa shape index (κ3) is 3.20. The van der Waals surface area contributed by atoms with Gasteiger partial charge in [0.1, 0.15) is 11.5 Å². The zero-order valence-electron chi connectivity index (χ0n) is 14.9. The highest BCUT2D eigenvalue weighted by atomic mass is 16.1. The summed E-state index contributed by atoms with van der Waals surface area (Å²) in [4.78, 5) is 24.3. The molecule has 8 heteroatoms. The van der Waals surface area contributed by atoms with Crippen molar-refractivity contribution in [1.82, 2.24) is 34.6 Å². The first kappa shape index (κ1) is 16.7. The summed E-state index contributed by atoms with van der Waals surface area (Å²) in [5.74, 6) is 2.24. The molecular formula is C18H23N7O. The number of imidazole rings is 1. The molecule has 0 unspecified atom stereocenters. The maximum Gasteiger partial charge on any atom is 0.259 e. The summed E-state index contributed by atoms with van der Waals surface area (Å²) in [5, 5.41) is 7.98. The van der Waals surface area contributed by atoms with Crippen molar-refractivity contribution in [2.75, 3.05) is 13.1 Å². The fourth-order valence-corrected chi connectivity index (χ4v) is 3.19. The highest BCUT2D eigenvalue weighted by Gasteiger charge is 2.19. The van der Waals surface area contributed by atoms with Gasteiger partial charge in [-0.2, -0.15) is 5.10 Å². The van der Waals surface area contributed by atoms with Crippen LogP contribution < -0.4 is 10.9 Å². The number of nitrogens with one attached hydrogen (secondary N) is 2. The molecule has 0 spiro atoms. The molecule has 0 amide bonds. The van der Waals surface area contributed by atoms with Gasteiger partial charge in [-0.05, 0) is 18.6 Å². The smallest absolute Gasteiger partial charge is 0.259 e. The molecular weight excluding hydrogens is 330 g/mol. The van der Waals surface area contributed by atoms with Crippen LogP contribution >= 0.6 is 0 Å². The van der Waals surface area contributed by atoms with Gasteiger partial charge in [-0.25, -0.2) is 14.6 Å². The van der Waals surface area contributed by atoms with Crippen LogP contribution in [0.1, 0.15) is 25.6 Å². The third-order valence-corrected chi connectivity index (χ3v) is 4.60. The predicted molar refractivity (Wildman–Crippen MR) is 98.8 cm³/mol. The molecule has 1 aliphatic heterocycles. The number of aromatic amines is 1. The lowest BCUT2D eigenvalue weighted by molar-refractivity contribution is 0.576. The van der Waals surface area contributed by atoms with E-state index in [1.54, 1.807) is 18.3 Å².